The zero-order valence-electron chi connectivity index (χ0n) is 5.75. The Morgan fingerprint density at radius 2 is 2.08 bits per heavy atom. The summed E-state index contributed by atoms with van der Waals surface area (Å²) in [5, 5.41) is 0. The molecular weight excluding hydrogens is 180 g/mol. The number of nitrogen functional groups attached to an aromatic ring is 1. The molecular formula is C5H4N4O2S. The average Bonchev–Trinajstić information content (AvgIpc) is 2.29. The Morgan fingerprint density at radius 1 is 1.33 bits per heavy atom. The van der Waals surface area contributed by atoms with Crippen LogP contribution < -0.4 is 16.2 Å². The molecule has 2 rings (SSSR count). The molecule has 0 atom stereocenters. The van der Waals surface area contributed by atoms with Crippen LogP contribution in [0.2, 0.25) is 0 Å². The van der Waals surface area contributed by atoms with E-state index in [1.807, 2.05) is 0 Å². The van der Waals surface area contributed by atoms with Crippen LogP contribution in [-0.2, 0) is 0 Å². The maximum atomic E-state index is 11.1. The molecule has 0 saturated heterocycles. The Hall–Kier alpha value is -1.63. The number of nitrogens with one attached hydrogen (secondary N) is 2. The molecule has 0 bridgehead atoms. The van der Waals surface area contributed by atoms with Gasteiger partial charge in [0.2, 0.25) is 5.95 Å². The molecule has 6 nitrogen and oxygen atoms in total. The lowest BCUT2D eigenvalue weighted by Crippen LogP contribution is -2.11. The zero-order valence-corrected chi connectivity index (χ0v) is 6.57. The molecule has 0 spiro atoms. The van der Waals surface area contributed by atoms with Gasteiger partial charge in [-0.05, 0) is 0 Å². The van der Waals surface area contributed by atoms with E-state index in [2.05, 4.69) is 15.0 Å². The van der Waals surface area contributed by atoms with Crippen LogP contribution in [0, 0.1) is 0 Å². The van der Waals surface area contributed by atoms with Gasteiger partial charge in [0.25, 0.3) is 5.56 Å². The number of thiazole rings is 1. The van der Waals surface area contributed by atoms with Crippen molar-refractivity contribution in [2.75, 3.05) is 5.73 Å². The molecule has 7 heteroatoms. The fourth-order valence-electron chi connectivity index (χ4n) is 0.869. The van der Waals surface area contributed by atoms with Crippen molar-refractivity contribution in [1.29, 1.82) is 0 Å². The smallest absolute Gasteiger partial charge is 0.307 e. The third-order valence-electron chi connectivity index (χ3n) is 1.32. The van der Waals surface area contributed by atoms with Crippen LogP contribution in [0.1, 0.15) is 0 Å². The van der Waals surface area contributed by atoms with Gasteiger partial charge in [0.15, 0.2) is 4.83 Å². The van der Waals surface area contributed by atoms with Gasteiger partial charge in [-0.25, -0.2) is 4.98 Å². The Kier molecular flexibility index (Phi) is 1.28. The Bertz CT molecular complexity index is 536. The maximum Gasteiger partial charge on any atom is 0.307 e. The van der Waals surface area contributed by atoms with Crippen LogP contribution in [0.5, 0.6) is 0 Å². The summed E-state index contributed by atoms with van der Waals surface area (Å²) in [5.74, 6) is 0.0164. The maximum absolute atomic E-state index is 11.1. The number of aromatic amines is 2. The van der Waals surface area contributed by atoms with Gasteiger partial charge in [-0.1, -0.05) is 11.3 Å². The van der Waals surface area contributed by atoms with Crippen LogP contribution in [0.15, 0.2) is 9.59 Å². The number of anilines is 1. The number of hydrogen-bond acceptors (Lipinski definition) is 5. The van der Waals surface area contributed by atoms with Gasteiger partial charge in [0.05, 0.1) is 0 Å². The molecule has 0 aliphatic rings. The van der Waals surface area contributed by atoms with Gasteiger partial charge in [-0.3, -0.25) is 14.6 Å². The summed E-state index contributed by atoms with van der Waals surface area (Å²) in [6.45, 7) is 0. The van der Waals surface area contributed by atoms with Crippen molar-refractivity contribution in [3.05, 3.63) is 20.0 Å². The molecule has 0 radical (unpaired) electrons. The largest absolute Gasteiger partial charge is 0.369 e. The topological polar surface area (TPSA) is 105 Å². The molecule has 0 aromatic carbocycles. The zero-order chi connectivity index (χ0) is 8.72. The van der Waals surface area contributed by atoms with Crippen molar-refractivity contribution in [2.24, 2.45) is 0 Å². The van der Waals surface area contributed by atoms with Crippen LogP contribution in [0.25, 0.3) is 10.3 Å². The first kappa shape index (κ1) is 7.04. The SMILES string of the molecule is Nc1nc2sc(=O)[nH]c2c(=O)[nH]1. The molecule has 2 aromatic heterocycles. The minimum Gasteiger partial charge on any atom is -0.369 e. The molecule has 0 aliphatic heterocycles. The lowest BCUT2D eigenvalue weighted by Gasteiger charge is -1.89. The normalized spacial score (nSPS) is 10.7. The number of nitrogens with two attached hydrogens (primary N) is 1. The van der Waals surface area contributed by atoms with E-state index >= 15 is 0 Å². The first-order valence-corrected chi connectivity index (χ1v) is 3.87. The lowest BCUT2D eigenvalue weighted by atomic mass is 10.6. The molecule has 2 heterocycles. The molecule has 0 amide bonds. The van der Waals surface area contributed by atoms with E-state index in [4.69, 9.17) is 5.73 Å². The van der Waals surface area contributed by atoms with Crippen molar-refractivity contribution in [3.63, 3.8) is 0 Å². The van der Waals surface area contributed by atoms with Gasteiger partial charge in [-0.2, -0.15) is 0 Å². The summed E-state index contributed by atoms with van der Waals surface area (Å²) in [6.07, 6.45) is 0. The summed E-state index contributed by atoms with van der Waals surface area (Å²) in [6, 6.07) is 0. The first-order valence-electron chi connectivity index (χ1n) is 3.05. The van der Waals surface area contributed by atoms with E-state index in [1.54, 1.807) is 0 Å². The van der Waals surface area contributed by atoms with Crippen molar-refractivity contribution < 1.29 is 0 Å². The van der Waals surface area contributed by atoms with E-state index in [-0.39, 0.29) is 16.3 Å². The summed E-state index contributed by atoms with van der Waals surface area (Å²) >= 11 is 0.858. The molecule has 0 fully saturated rings. The molecule has 0 unspecified atom stereocenters. The second-order valence-electron chi connectivity index (χ2n) is 2.15. The van der Waals surface area contributed by atoms with Gasteiger partial charge < -0.3 is 10.7 Å². The third-order valence-corrected chi connectivity index (χ3v) is 2.10. The van der Waals surface area contributed by atoms with Crippen molar-refractivity contribution in [1.82, 2.24) is 15.0 Å². The molecule has 4 N–H and O–H groups in total. The molecule has 2 aromatic rings. The summed E-state index contributed by atoms with van der Waals surface area (Å²) in [5.41, 5.74) is 5.02. The number of H-pyrrole nitrogens is 2. The van der Waals surface area contributed by atoms with Crippen molar-refractivity contribution in [2.45, 2.75) is 0 Å². The fourth-order valence-corrected chi connectivity index (χ4v) is 1.59. The second-order valence-corrected chi connectivity index (χ2v) is 3.11. The Balaban J connectivity index is 3.08. The van der Waals surface area contributed by atoms with E-state index < -0.39 is 5.56 Å². The predicted octanol–water partition coefficient (Wildman–Crippen LogP) is -0.745. The minimum atomic E-state index is -0.421. The van der Waals surface area contributed by atoms with E-state index in [0.29, 0.717) is 4.83 Å². The first-order chi connectivity index (χ1) is 5.66. The molecule has 62 valence electrons. The third kappa shape index (κ3) is 0.909. The number of hydrogen-bond donors (Lipinski definition) is 3. The standard InChI is InChI=1S/C5H4N4O2S/c6-4-8-2(10)1-3(9-4)12-5(11)7-1/h(H,7,11)(H3,6,8,9,10). The van der Waals surface area contributed by atoms with Crippen LogP contribution in [-0.4, -0.2) is 15.0 Å². The highest BCUT2D eigenvalue weighted by Crippen LogP contribution is 2.05. The van der Waals surface area contributed by atoms with Gasteiger partial charge >= 0.3 is 4.87 Å². The monoisotopic (exact) mass is 184 g/mol. The van der Waals surface area contributed by atoms with Gasteiger partial charge in [0, 0.05) is 0 Å². The van der Waals surface area contributed by atoms with E-state index in [0.717, 1.165) is 11.3 Å². The highest BCUT2D eigenvalue weighted by atomic mass is 32.1. The summed E-state index contributed by atoms with van der Waals surface area (Å²) in [4.78, 5) is 30.3. The van der Waals surface area contributed by atoms with Crippen LogP contribution in [0.3, 0.4) is 0 Å². The van der Waals surface area contributed by atoms with E-state index in [1.165, 1.54) is 0 Å². The van der Waals surface area contributed by atoms with Crippen molar-refractivity contribution in [3.8, 4) is 0 Å². The minimum absolute atomic E-state index is 0.0164. The number of aromatic nitrogens is 3. The predicted molar refractivity (Wildman–Crippen MR) is 45.3 cm³/mol. The highest BCUT2D eigenvalue weighted by molar-refractivity contribution is 7.15. The van der Waals surface area contributed by atoms with Gasteiger partial charge in [0.1, 0.15) is 5.52 Å². The van der Waals surface area contributed by atoms with Crippen molar-refractivity contribution >= 4 is 27.6 Å². The molecule has 12 heavy (non-hydrogen) atoms. The molecule has 0 aliphatic carbocycles. The Labute approximate surface area is 69.1 Å². The quantitative estimate of drug-likeness (QED) is 0.501. The van der Waals surface area contributed by atoms with Crippen LogP contribution in [0.4, 0.5) is 5.95 Å². The fraction of sp³-hybridized carbons (Fsp3) is 0. The number of rotatable bonds is 0. The molecule has 0 saturated carbocycles. The number of fused-ring (bicyclic) bond motifs is 1. The summed E-state index contributed by atoms with van der Waals surface area (Å²) in [7, 11) is 0. The second kappa shape index (κ2) is 2.18. The lowest BCUT2D eigenvalue weighted by molar-refractivity contribution is 1.18. The number of nitrogens with zero attached hydrogens (tertiary/aromatic N) is 1. The Morgan fingerprint density at radius 3 is 2.83 bits per heavy atom. The summed E-state index contributed by atoms with van der Waals surface area (Å²) < 4.78 is 0. The highest BCUT2D eigenvalue weighted by Gasteiger charge is 2.04. The average molecular weight is 184 g/mol. The van der Waals surface area contributed by atoms with E-state index in [9.17, 15) is 9.59 Å². The van der Waals surface area contributed by atoms with Gasteiger partial charge in [-0.15, -0.1) is 0 Å². The van der Waals surface area contributed by atoms with Crippen LogP contribution >= 0.6 is 11.3 Å².